The zero-order valence-electron chi connectivity index (χ0n) is 8.54. The molecule has 0 unspecified atom stereocenters. The molecule has 0 aliphatic carbocycles. The molecule has 17 heavy (non-hydrogen) atoms. The van der Waals surface area contributed by atoms with Gasteiger partial charge in [-0.25, -0.2) is 4.79 Å². The number of carbonyl (C=O) groups excluding carboxylic acids is 1. The number of benzene rings is 1. The fourth-order valence-electron chi connectivity index (χ4n) is 1.19. The third-order valence-corrected chi connectivity index (χ3v) is 3.06. The number of anilines is 2. The lowest BCUT2D eigenvalue weighted by Crippen LogP contribution is -2.18. The number of amides is 2. The van der Waals surface area contributed by atoms with Crippen molar-refractivity contribution >= 4 is 56.1 Å². The van der Waals surface area contributed by atoms with E-state index in [4.69, 9.17) is 4.42 Å². The van der Waals surface area contributed by atoms with Gasteiger partial charge in [-0.2, -0.15) is 0 Å². The summed E-state index contributed by atoms with van der Waals surface area (Å²) in [5.74, 6) is 0.389. The van der Waals surface area contributed by atoms with Crippen LogP contribution in [0, 0.1) is 3.57 Å². The van der Waals surface area contributed by atoms with Crippen molar-refractivity contribution in [3.05, 3.63) is 44.6 Å². The maximum atomic E-state index is 11.6. The van der Waals surface area contributed by atoms with Crippen molar-refractivity contribution in [2.45, 2.75) is 0 Å². The molecule has 88 valence electrons. The van der Waals surface area contributed by atoms with Gasteiger partial charge in [-0.3, -0.25) is 5.32 Å². The lowest BCUT2D eigenvalue weighted by Gasteiger charge is -2.05. The molecule has 2 aromatic rings. The Bertz CT molecular complexity index is 525. The van der Waals surface area contributed by atoms with Crippen molar-refractivity contribution in [3.63, 3.8) is 0 Å². The lowest BCUT2D eigenvalue weighted by molar-refractivity contribution is 0.261. The van der Waals surface area contributed by atoms with E-state index in [1.807, 2.05) is 24.3 Å². The Morgan fingerprint density at radius 2 is 1.82 bits per heavy atom. The first-order chi connectivity index (χ1) is 8.13. The molecular weight excluding hydrogens is 399 g/mol. The Balaban J connectivity index is 1.95. The normalized spacial score (nSPS) is 10.0. The van der Waals surface area contributed by atoms with Gasteiger partial charge in [0.05, 0.1) is 0 Å². The second-order valence-electron chi connectivity index (χ2n) is 3.19. The maximum absolute atomic E-state index is 11.6. The molecule has 0 aliphatic rings. The zero-order valence-corrected chi connectivity index (χ0v) is 12.3. The van der Waals surface area contributed by atoms with Crippen LogP contribution < -0.4 is 10.6 Å². The Morgan fingerprint density at radius 3 is 2.41 bits per heavy atom. The third kappa shape index (κ3) is 3.74. The summed E-state index contributed by atoms with van der Waals surface area (Å²) >= 11 is 5.36. The average Bonchev–Trinajstić information content (AvgIpc) is 2.67. The summed E-state index contributed by atoms with van der Waals surface area (Å²) in [7, 11) is 0. The summed E-state index contributed by atoms with van der Waals surface area (Å²) in [6.45, 7) is 0. The summed E-state index contributed by atoms with van der Waals surface area (Å²) in [6, 6.07) is 10.5. The van der Waals surface area contributed by atoms with Gasteiger partial charge in [0.2, 0.25) is 5.88 Å². The number of carbonyl (C=O) groups is 1. The fraction of sp³-hybridized carbons (Fsp3) is 0. The van der Waals surface area contributed by atoms with Crippen molar-refractivity contribution in [3.8, 4) is 0 Å². The first-order valence-corrected chi connectivity index (χ1v) is 6.59. The molecule has 4 nitrogen and oxygen atoms in total. The number of rotatable bonds is 2. The SMILES string of the molecule is O=C(Nc1ccc(I)cc1)Nc1ccc(Br)o1. The minimum Gasteiger partial charge on any atom is -0.434 e. The van der Waals surface area contributed by atoms with Gasteiger partial charge in [0.1, 0.15) is 0 Å². The van der Waals surface area contributed by atoms with Gasteiger partial charge in [-0.1, -0.05) is 0 Å². The molecule has 1 aromatic carbocycles. The molecule has 1 heterocycles. The predicted molar refractivity (Wildman–Crippen MR) is 78.2 cm³/mol. The number of hydrogen-bond donors (Lipinski definition) is 2. The highest BCUT2D eigenvalue weighted by Gasteiger charge is 2.05. The molecule has 2 amide bonds. The smallest absolute Gasteiger partial charge is 0.326 e. The highest BCUT2D eigenvalue weighted by atomic mass is 127. The number of urea groups is 1. The molecule has 1 aromatic heterocycles. The van der Waals surface area contributed by atoms with Crippen LogP contribution in [0.1, 0.15) is 0 Å². The molecule has 0 atom stereocenters. The molecule has 2 rings (SSSR count). The van der Waals surface area contributed by atoms with Crippen LogP contribution in [0.4, 0.5) is 16.4 Å². The highest BCUT2D eigenvalue weighted by Crippen LogP contribution is 2.18. The van der Waals surface area contributed by atoms with Crippen LogP contribution in [0.25, 0.3) is 0 Å². The van der Waals surface area contributed by atoms with Gasteiger partial charge in [0.15, 0.2) is 4.67 Å². The van der Waals surface area contributed by atoms with Crippen LogP contribution in [-0.2, 0) is 0 Å². The van der Waals surface area contributed by atoms with E-state index in [0.29, 0.717) is 10.6 Å². The molecule has 6 heteroatoms. The molecule has 0 fully saturated rings. The summed E-state index contributed by atoms with van der Waals surface area (Å²) in [4.78, 5) is 11.6. The summed E-state index contributed by atoms with van der Waals surface area (Å²) < 4.78 is 6.84. The van der Waals surface area contributed by atoms with Gasteiger partial charge < -0.3 is 9.73 Å². The molecular formula is C11H8BrIN2O2. The van der Waals surface area contributed by atoms with Gasteiger partial charge in [-0.05, 0) is 68.9 Å². The first kappa shape index (κ1) is 12.4. The first-order valence-electron chi connectivity index (χ1n) is 4.72. The van der Waals surface area contributed by atoms with Crippen LogP contribution in [0.5, 0.6) is 0 Å². The van der Waals surface area contributed by atoms with E-state index in [1.54, 1.807) is 12.1 Å². The van der Waals surface area contributed by atoms with Gasteiger partial charge >= 0.3 is 6.03 Å². The van der Waals surface area contributed by atoms with Crippen molar-refractivity contribution in [1.29, 1.82) is 0 Å². The van der Waals surface area contributed by atoms with Crippen molar-refractivity contribution < 1.29 is 9.21 Å². The largest absolute Gasteiger partial charge is 0.434 e. The molecule has 2 N–H and O–H groups in total. The second-order valence-corrected chi connectivity index (χ2v) is 5.22. The monoisotopic (exact) mass is 406 g/mol. The molecule has 0 spiro atoms. The molecule has 0 bridgehead atoms. The average molecular weight is 407 g/mol. The van der Waals surface area contributed by atoms with Gasteiger partial charge in [-0.15, -0.1) is 0 Å². The summed E-state index contributed by atoms with van der Waals surface area (Å²) in [5, 5.41) is 5.28. The zero-order chi connectivity index (χ0) is 12.3. The van der Waals surface area contributed by atoms with Crippen LogP contribution in [0.15, 0.2) is 45.5 Å². The fourth-order valence-corrected chi connectivity index (χ4v) is 1.86. The van der Waals surface area contributed by atoms with Crippen LogP contribution in [0.2, 0.25) is 0 Å². The second kappa shape index (κ2) is 5.54. The van der Waals surface area contributed by atoms with E-state index in [9.17, 15) is 4.79 Å². The van der Waals surface area contributed by atoms with E-state index in [1.165, 1.54) is 0 Å². The summed E-state index contributed by atoms with van der Waals surface area (Å²) in [5.41, 5.74) is 0.730. The van der Waals surface area contributed by atoms with Gasteiger partial charge in [0.25, 0.3) is 0 Å². The van der Waals surface area contributed by atoms with E-state index >= 15 is 0 Å². The number of hydrogen-bond acceptors (Lipinski definition) is 2. The molecule has 0 aliphatic heterocycles. The van der Waals surface area contributed by atoms with Crippen molar-refractivity contribution in [1.82, 2.24) is 0 Å². The molecule has 0 radical (unpaired) electrons. The Morgan fingerprint density at radius 1 is 1.12 bits per heavy atom. The van der Waals surface area contributed by atoms with E-state index in [0.717, 1.165) is 9.26 Å². The van der Waals surface area contributed by atoms with Crippen molar-refractivity contribution in [2.75, 3.05) is 10.6 Å². The number of halogens is 2. The highest BCUT2D eigenvalue weighted by molar-refractivity contribution is 14.1. The predicted octanol–water partition coefficient (Wildman–Crippen LogP) is 4.29. The topological polar surface area (TPSA) is 54.3 Å². The van der Waals surface area contributed by atoms with E-state index in [2.05, 4.69) is 49.2 Å². The maximum Gasteiger partial charge on any atom is 0.326 e. The third-order valence-electron chi connectivity index (χ3n) is 1.91. The Hall–Kier alpha value is -1.02. The number of furan rings is 1. The standard InChI is InChI=1S/C11H8BrIN2O2/c12-9-5-6-10(17-9)15-11(16)14-8-3-1-7(13)2-4-8/h1-6H,(H2,14,15,16). The number of nitrogens with one attached hydrogen (secondary N) is 2. The van der Waals surface area contributed by atoms with Crippen LogP contribution >= 0.6 is 38.5 Å². The lowest BCUT2D eigenvalue weighted by atomic mass is 10.3. The van der Waals surface area contributed by atoms with E-state index < -0.39 is 0 Å². The quantitative estimate of drug-likeness (QED) is 0.731. The Labute approximate surface area is 120 Å². The van der Waals surface area contributed by atoms with E-state index in [-0.39, 0.29) is 6.03 Å². The van der Waals surface area contributed by atoms with Crippen LogP contribution in [0.3, 0.4) is 0 Å². The minimum atomic E-state index is -0.340. The Kier molecular flexibility index (Phi) is 4.06. The van der Waals surface area contributed by atoms with Crippen molar-refractivity contribution in [2.24, 2.45) is 0 Å². The molecule has 0 saturated carbocycles. The van der Waals surface area contributed by atoms with Crippen LogP contribution in [-0.4, -0.2) is 6.03 Å². The van der Waals surface area contributed by atoms with Gasteiger partial charge in [0, 0.05) is 15.3 Å². The summed E-state index contributed by atoms with van der Waals surface area (Å²) in [6.07, 6.45) is 0. The minimum absolute atomic E-state index is 0.340. The molecule has 0 saturated heterocycles.